The van der Waals surface area contributed by atoms with E-state index in [1.54, 1.807) is 18.2 Å². The van der Waals surface area contributed by atoms with Crippen molar-refractivity contribution in [3.8, 4) is 11.5 Å². The van der Waals surface area contributed by atoms with Gasteiger partial charge in [-0.15, -0.1) is 0 Å². The van der Waals surface area contributed by atoms with Gasteiger partial charge < -0.3 is 25.2 Å². The minimum atomic E-state index is -1.04. The number of unbranched alkanes of at least 4 members (excludes halogenated alkanes) is 1. The van der Waals surface area contributed by atoms with Gasteiger partial charge in [-0.25, -0.2) is 4.79 Å². The van der Waals surface area contributed by atoms with Gasteiger partial charge >= 0.3 is 5.97 Å². The van der Waals surface area contributed by atoms with Gasteiger partial charge in [0.2, 0.25) is 11.8 Å². The molecule has 3 N–H and O–H groups in total. The standard InChI is InChI=1S/C33H43N3O6/c1-2-3-19-36-29(37)27(22-32(41)15-7-4-8-16-32)34-31(40)33(36)17-20-35(21-18-33)23-24-11-13-25(14-12-24)42-28-10-6-5-9-26(28)30(38)39/h5-6,9-14,27,41H,2-4,7-8,15-23H2,1H3,(H,34,40)(H,38,39)/t27-/m1/s1. The van der Waals surface area contributed by atoms with Crippen LogP contribution in [0.5, 0.6) is 11.5 Å². The van der Waals surface area contributed by atoms with Gasteiger partial charge in [-0.3, -0.25) is 14.5 Å². The van der Waals surface area contributed by atoms with Crippen LogP contribution in [0.4, 0.5) is 0 Å². The van der Waals surface area contributed by atoms with E-state index >= 15 is 0 Å². The van der Waals surface area contributed by atoms with Gasteiger partial charge in [0, 0.05) is 32.6 Å². The smallest absolute Gasteiger partial charge is 0.339 e. The molecule has 3 fully saturated rings. The first-order chi connectivity index (χ1) is 20.2. The number of piperazine rings is 1. The zero-order valence-corrected chi connectivity index (χ0v) is 24.5. The Morgan fingerprint density at radius 2 is 1.69 bits per heavy atom. The van der Waals surface area contributed by atoms with Crippen LogP contribution in [0.1, 0.15) is 87.1 Å². The maximum atomic E-state index is 13.8. The number of hydrogen-bond acceptors (Lipinski definition) is 6. The molecule has 1 atom stereocenters. The van der Waals surface area contributed by atoms with E-state index in [0.29, 0.717) is 69.8 Å². The maximum Gasteiger partial charge on any atom is 0.339 e. The number of hydrogen-bond donors (Lipinski definition) is 3. The van der Waals surface area contributed by atoms with Crippen molar-refractivity contribution in [3.63, 3.8) is 0 Å². The van der Waals surface area contributed by atoms with Gasteiger partial charge in [-0.1, -0.05) is 56.9 Å². The van der Waals surface area contributed by atoms with E-state index in [1.165, 1.54) is 6.07 Å². The van der Waals surface area contributed by atoms with Crippen molar-refractivity contribution in [1.82, 2.24) is 15.1 Å². The number of benzene rings is 2. The van der Waals surface area contributed by atoms with E-state index in [1.807, 2.05) is 29.2 Å². The van der Waals surface area contributed by atoms with E-state index in [4.69, 9.17) is 4.74 Å². The SMILES string of the molecule is CCCCN1C(=O)[C@@H](CC2(O)CCCCC2)NC(=O)C12CCN(Cc1ccc(Oc3ccccc3C(=O)O)cc1)CC2. The topological polar surface area (TPSA) is 119 Å². The van der Waals surface area contributed by atoms with Crippen LogP contribution >= 0.6 is 0 Å². The van der Waals surface area contributed by atoms with Crippen molar-refractivity contribution in [2.75, 3.05) is 19.6 Å². The lowest BCUT2D eigenvalue weighted by Gasteiger charge is -2.52. The van der Waals surface area contributed by atoms with Crippen molar-refractivity contribution in [2.45, 2.75) is 94.9 Å². The number of nitrogens with one attached hydrogen (secondary N) is 1. The summed E-state index contributed by atoms with van der Waals surface area (Å²) in [4.78, 5) is 43.1. The fourth-order valence-electron chi connectivity index (χ4n) is 6.81. The van der Waals surface area contributed by atoms with Gasteiger partial charge in [0.15, 0.2) is 0 Å². The van der Waals surface area contributed by atoms with Crippen LogP contribution in [-0.4, -0.2) is 74.6 Å². The summed E-state index contributed by atoms with van der Waals surface area (Å²) < 4.78 is 5.83. The molecule has 2 aromatic rings. The molecule has 2 amide bonds. The molecule has 0 radical (unpaired) electrons. The van der Waals surface area contributed by atoms with E-state index in [0.717, 1.165) is 37.7 Å². The van der Waals surface area contributed by atoms with Gasteiger partial charge in [0.05, 0.1) is 5.60 Å². The predicted molar refractivity (Wildman–Crippen MR) is 158 cm³/mol. The number of amides is 2. The molecule has 0 aromatic heterocycles. The van der Waals surface area contributed by atoms with Crippen molar-refractivity contribution >= 4 is 17.8 Å². The van der Waals surface area contributed by atoms with Crippen LogP contribution in [0.3, 0.4) is 0 Å². The molecule has 3 aliphatic rings. The Hall–Kier alpha value is -3.43. The van der Waals surface area contributed by atoms with Gasteiger partial charge in [0.1, 0.15) is 28.6 Å². The molecular weight excluding hydrogens is 534 g/mol. The van der Waals surface area contributed by atoms with Crippen molar-refractivity contribution < 1.29 is 29.3 Å². The van der Waals surface area contributed by atoms with E-state index in [9.17, 15) is 24.6 Å². The molecule has 0 bridgehead atoms. The predicted octanol–water partition coefficient (Wildman–Crippen LogP) is 4.72. The lowest BCUT2D eigenvalue weighted by atomic mass is 9.77. The Labute approximate surface area is 247 Å². The Morgan fingerprint density at radius 1 is 1.00 bits per heavy atom. The van der Waals surface area contributed by atoms with E-state index in [-0.39, 0.29) is 17.4 Å². The molecule has 226 valence electrons. The highest BCUT2D eigenvalue weighted by molar-refractivity contribution is 6.00. The number of aliphatic hydroxyl groups is 1. The highest BCUT2D eigenvalue weighted by Gasteiger charge is 2.54. The molecule has 2 heterocycles. The molecule has 1 saturated carbocycles. The minimum Gasteiger partial charge on any atom is -0.478 e. The largest absolute Gasteiger partial charge is 0.478 e. The number of ether oxygens (including phenoxy) is 1. The molecule has 1 spiro atoms. The zero-order chi connectivity index (χ0) is 29.7. The minimum absolute atomic E-state index is 0.0458. The second kappa shape index (κ2) is 12.8. The number of rotatable bonds is 10. The Kier molecular flexibility index (Phi) is 9.18. The Morgan fingerprint density at radius 3 is 2.36 bits per heavy atom. The van der Waals surface area contributed by atoms with E-state index in [2.05, 4.69) is 17.1 Å². The van der Waals surface area contributed by atoms with E-state index < -0.39 is 23.2 Å². The number of piperidine rings is 1. The first kappa shape index (κ1) is 30.0. The number of carbonyl (C=O) groups excluding carboxylic acids is 2. The zero-order valence-electron chi connectivity index (χ0n) is 24.5. The third-order valence-corrected chi connectivity index (χ3v) is 9.27. The summed E-state index contributed by atoms with van der Waals surface area (Å²) in [6, 6.07) is 13.5. The monoisotopic (exact) mass is 577 g/mol. The number of carboxylic acids is 1. The second-order valence-corrected chi connectivity index (χ2v) is 12.2. The highest BCUT2D eigenvalue weighted by atomic mass is 16.5. The number of carbonyl (C=O) groups is 3. The second-order valence-electron chi connectivity index (χ2n) is 12.2. The summed E-state index contributed by atoms with van der Waals surface area (Å²) in [6.45, 7) is 4.71. The average Bonchev–Trinajstić information content (AvgIpc) is 2.98. The van der Waals surface area contributed by atoms with Crippen LogP contribution in [0.15, 0.2) is 48.5 Å². The van der Waals surface area contributed by atoms with Crippen LogP contribution in [0.2, 0.25) is 0 Å². The fourth-order valence-corrected chi connectivity index (χ4v) is 6.81. The summed E-state index contributed by atoms with van der Waals surface area (Å²) >= 11 is 0. The third kappa shape index (κ3) is 6.47. The van der Waals surface area contributed by atoms with Crippen LogP contribution < -0.4 is 10.1 Å². The number of para-hydroxylation sites is 1. The summed E-state index contributed by atoms with van der Waals surface area (Å²) in [6.07, 6.45) is 7.60. The molecule has 42 heavy (non-hydrogen) atoms. The first-order valence-electron chi connectivity index (χ1n) is 15.4. The lowest BCUT2D eigenvalue weighted by Crippen LogP contribution is -2.73. The van der Waals surface area contributed by atoms with Crippen LogP contribution in [0, 0.1) is 0 Å². The number of likely N-dealkylation sites (tertiary alicyclic amines) is 1. The molecule has 9 heteroatoms. The normalized spacial score (nSPS) is 22.1. The van der Waals surface area contributed by atoms with Crippen LogP contribution in [0.25, 0.3) is 0 Å². The summed E-state index contributed by atoms with van der Waals surface area (Å²) in [7, 11) is 0. The summed E-state index contributed by atoms with van der Waals surface area (Å²) in [5.41, 5.74) is -0.532. The van der Waals surface area contributed by atoms with Gasteiger partial charge in [0.25, 0.3) is 0 Å². The molecule has 5 rings (SSSR count). The fraction of sp³-hybridized carbons (Fsp3) is 0.545. The molecular formula is C33H43N3O6. The Bertz CT molecular complexity index is 1260. The van der Waals surface area contributed by atoms with Crippen molar-refractivity contribution in [3.05, 3.63) is 59.7 Å². The third-order valence-electron chi connectivity index (χ3n) is 9.27. The molecule has 9 nitrogen and oxygen atoms in total. The molecule has 2 aromatic carbocycles. The van der Waals surface area contributed by atoms with Crippen molar-refractivity contribution in [1.29, 1.82) is 0 Å². The van der Waals surface area contributed by atoms with Crippen LogP contribution in [-0.2, 0) is 16.1 Å². The molecule has 1 aliphatic carbocycles. The van der Waals surface area contributed by atoms with Gasteiger partial charge in [-0.05, 0) is 61.9 Å². The number of carboxylic acid groups (broad SMARTS) is 1. The molecule has 2 saturated heterocycles. The Balaban J connectivity index is 1.22. The molecule has 0 unspecified atom stereocenters. The first-order valence-corrected chi connectivity index (χ1v) is 15.4. The lowest BCUT2D eigenvalue weighted by molar-refractivity contribution is -0.163. The average molecular weight is 578 g/mol. The number of aromatic carboxylic acids is 1. The number of nitrogens with zero attached hydrogens (tertiary/aromatic N) is 2. The summed E-state index contributed by atoms with van der Waals surface area (Å²) in [5.74, 6) is -0.312. The molecule has 2 aliphatic heterocycles. The quantitative estimate of drug-likeness (QED) is 0.374. The summed E-state index contributed by atoms with van der Waals surface area (Å²) in [5, 5.41) is 23.6. The maximum absolute atomic E-state index is 13.8. The van der Waals surface area contributed by atoms with Crippen molar-refractivity contribution in [2.24, 2.45) is 0 Å². The highest BCUT2D eigenvalue weighted by Crippen LogP contribution is 2.38. The van der Waals surface area contributed by atoms with Gasteiger partial charge in [-0.2, -0.15) is 0 Å².